The number of carbonyl (C=O) groups excluding carboxylic acids is 4. The first-order valence-electron chi connectivity index (χ1n) is 15.0. The zero-order chi connectivity index (χ0) is 38.5. The SMILES string of the molecule is Cc1cc(NC(=O)[C@H]2[C@H](c3cc(Cl)c(Cl)c(Cl)c3)C2(Cl)Cl)cc(C(=O)Nc2cc(N(C(=O)OC(C)(C)C)C(=O)OC(C)(C)C)c(F)cc2F)c1Cl.[HH].[HH]. The van der Waals surface area contributed by atoms with Gasteiger partial charge in [-0.1, -0.05) is 46.4 Å². The maximum Gasteiger partial charge on any atom is 0.424 e. The molecule has 4 amide bonds. The number of alkyl halides is 2. The van der Waals surface area contributed by atoms with Gasteiger partial charge >= 0.3 is 12.2 Å². The average molecular weight is 832 g/mol. The van der Waals surface area contributed by atoms with Crippen LogP contribution < -0.4 is 15.5 Å². The monoisotopic (exact) mass is 829 g/mol. The Morgan fingerprint density at radius 3 is 1.82 bits per heavy atom. The van der Waals surface area contributed by atoms with E-state index in [0.717, 1.165) is 6.07 Å². The van der Waals surface area contributed by atoms with E-state index in [1.165, 1.54) is 65.8 Å². The van der Waals surface area contributed by atoms with Gasteiger partial charge in [0.05, 0.1) is 42.9 Å². The molecule has 0 spiro atoms. The van der Waals surface area contributed by atoms with Crippen molar-refractivity contribution in [3.05, 3.63) is 84.8 Å². The minimum absolute atomic E-state index is 0. The predicted octanol–water partition coefficient (Wildman–Crippen LogP) is 11.8. The van der Waals surface area contributed by atoms with E-state index in [2.05, 4.69) is 10.6 Å². The zero-order valence-electron chi connectivity index (χ0n) is 28.0. The number of ether oxygens (including phenoxy) is 2. The summed E-state index contributed by atoms with van der Waals surface area (Å²) in [6.45, 7) is 10.7. The van der Waals surface area contributed by atoms with E-state index in [4.69, 9.17) is 79.1 Å². The molecule has 2 atom stereocenters. The van der Waals surface area contributed by atoms with Gasteiger partial charge in [0.1, 0.15) is 21.4 Å². The van der Waals surface area contributed by atoms with Gasteiger partial charge in [0.25, 0.3) is 5.91 Å². The van der Waals surface area contributed by atoms with Crippen molar-refractivity contribution >= 4 is 111 Å². The van der Waals surface area contributed by atoms with Crippen LogP contribution in [0.3, 0.4) is 0 Å². The van der Waals surface area contributed by atoms with Crippen LogP contribution in [0.25, 0.3) is 0 Å². The standard InChI is InChI=1S/C34H31Cl6F2N3O6.2H2/c1-14-8-16(43-29(47)25-24(34(25,39)40)15-9-18(35)27(38)19(36)10-15)11-17(26(14)37)28(46)44-22-13-23(21(42)12-20(22)41)45(30(48)50-32(2,3)4)31(49)51-33(5,6)7;;/h8-13,24-25H,1-7H3,(H,43,47)(H,44,46);2*1H/t24-,25+;;/m0../s1. The van der Waals surface area contributed by atoms with Gasteiger partial charge in [0.15, 0.2) is 5.82 Å². The summed E-state index contributed by atoms with van der Waals surface area (Å²) in [4.78, 5) is 53.3. The fraction of sp³-hybridized carbons (Fsp3) is 0.353. The van der Waals surface area contributed by atoms with Gasteiger partial charge in [0, 0.05) is 20.5 Å². The van der Waals surface area contributed by atoms with Gasteiger partial charge in [0.2, 0.25) is 5.91 Å². The molecule has 0 radical (unpaired) electrons. The average Bonchev–Trinajstić information content (AvgIpc) is 3.55. The van der Waals surface area contributed by atoms with E-state index >= 15 is 8.78 Å². The molecular weight excluding hydrogens is 797 g/mol. The molecule has 2 N–H and O–H groups in total. The van der Waals surface area contributed by atoms with Gasteiger partial charge in [-0.25, -0.2) is 18.4 Å². The molecule has 0 aromatic heterocycles. The molecule has 0 unspecified atom stereocenters. The van der Waals surface area contributed by atoms with Crippen LogP contribution in [0.4, 0.5) is 35.4 Å². The zero-order valence-corrected chi connectivity index (χ0v) is 32.6. The second-order valence-electron chi connectivity index (χ2n) is 13.6. The first-order valence-corrected chi connectivity index (χ1v) is 17.3. The van der Waals surface area contributed by atoms with Gasteiger partial charge in [-0.2, -0.15) is 4.90 Å². The lowest BCUT2D eigenvalue weighted by Crippen LogP contribution is -2.44. The van der Waals surface area contributed by atoms with Crippen molar-refractivity contribution in [1.29, 1.82) is 0 Å². The van der Waals surface area contributed by atoms with Gasteiger partial charge in [-0.15, -0.1) is 23.2 Å². The van der Waals surface area contributed by atoms with Gasteiger partial charge in [-0.05, 0) is 89.9 Å². The van der Waals surface area contributed by atoms with E-state index < -0.39 is 74.4 Å². The fourth-order valence-corrected chi connectivity index (χ4v) is 6.57. The maximum atomic E-state index is 15.2. The summed E-state index contributed by atoms with van der Waals surface area (Å²) in [5.41, 5.74) is -2.94. The molecule has 9 nitrogen and oxygen atoms in total. The Labute approximate surface area is 325 Å². The van der Waals surface area contributed by atoms with E-state index in [-0.39, 0.29) is 39.1 Å². The van der Waals surface area contributed by atoms with Crippen molar-refractivity contribution in [2.75, 3.05) is 15.5 Å². The topological polar surface area (TPSA) is 114 Å². The van der Waals surface area contributed by atoms with E-state index in [9.17, 15) is 19.2 Å². The first kappa shape index (κ1) is 40.7. The number of amides is 4. The Kier molecular flexibility index (Phi) is 11.8. The minimum atomic E-state index is -1.53. The van der Waals surface area contributed by atoms with E-state index in [1.54, 1.807) is 6.92 Å². The predicted molar refractivity (Wildman–Crippen MR) is 200 cm³/mol. The van der Waals surface area contributed by atoms with E-state index in [1.807, 2.05) is 0 Å². The van der Waals surface area contributed by atoms with Crippen LogP contribution in [0.1, 0.15) is 71.8 Å². The number of benzene rings is 3. The Hall–Kier alpha value is -3.06. The summed E-state index contributed by atoms with van der Waals surface area (Å²) < 4.78 is 39.4. The Balaban J connectivity index is 0.00000486. The van der Waals surface area contributed by atoms with Crippen LogP contribution in [-0.4, -0.2) is 39.5 Å². The van der Waals surface area contributed by atoms with Gasteiger partial charge < -0.3 is 20.1 Å². The third-order valence-corrected chi connectivity index (χ3v) is 9.78. The van der Waals surface area contributed by atoms with Crippen molar-refractivity contribution in [3.8, 4) is 0 Å². The summed E-state index contributed by atoms with van der Waals surface area (Å²) in [6.07, 6.45) is -2.64. The number of halogens is 8. The molecule has 3 aromatic carbocycles. The molecule has 0 aliphatic heterocycles. The molecule has 0 heterocycles. The number of imide groups is 1. The molecule has 4 rings (SSSR count). The number of nitrogens with one attached hydrogen (secondary N) is 2. The Morgan fingerprint density at radius 2 is 1.31 bits per heavy atom. The molecule has 17 heteroatoms. The molecule has 1 fully saturated rings. The lowest BCUT2D eigenvalue weighted by atomic mass is 10.1. The molecule has 0 saturated heterocycles. The Morgan fingerprint density at radius 1 is 0.784 bits per heavy atom. The van der Waals surface area contributed by atoms with Crippen molar-refractivity contribution in [3.63, 3.8) is 0 Å². The molecular formula is C34H35Cl6F2N3O6. The lowest BCUT2D eigenvalue weighted by Gasteiger charge is -2.29. The van der Waals surface area contributed by atoms with Crippen molar-refractivity contribution in [1.82, 2.24) is 0 Å². The molecule has 1 saturated carbocycles. The largest absolute Gasteiger partial charge is 0.443 e. The summed E-state index contributed by atoms with van der Waals surface area (Å²) in [7, 11) is 0. The fourth-order valence-electron chi connectivity index (χ4n) is 4.93. The number of nitrogens with zero attached hydrogens (tertiary/aromatic N) is 1. The number of carbonyl (C=O) groups is 4. The number of hydrogen-bond donors (Lipinski definition) is 2. The van der Waals surface area contributed by atoms with Gasteiger partial charge in [-0.3, -0.25) is 9.59 Å². The number of aryl methyl sites for hydroxylation is 1. The molecule has 3 aromatic rings. The Bertz CT molecular complexity index is 1910. The highest BCUT2D eigenvalue weighted by atomic mass is 35.5. The van der Waals surface area contributed by atoms with Crippen LogP contribution in [-0.2, 0) is 14.3 Å². The normalized spacial score (nSPS) is 16.6. The van der Waals surface area contributed by atoms with Crippen LogP contribution in [0, 0.1) is 24.5 Å². The lowest BCUT2D eigenvalue weighted by molar-refractivity contribution is -0.117. The smallest absolute Gasteiger partial charge is 0.424 e. The summed E-state index contributed by atoms with van der Waals surface area (Å²) in [6, 6.07) is 6.80. The highest BCUT2D eigenvalue weighted by molar-refractivity contribution is 6.54. The summed E-state index contributed by atoms with van der Waals surface area (Å²) in [5, 5.41) is 5.29. The first-order chi connectivity index (χ1) is 23.3. The highest BCUT2D eigenvalue weighted by Crippen LogP contribution is 2.65. The van der Waals surface area contributed by atoms with Crippen LogP contribution in [0.5, 0.6) is 0 Å². The highest BCUT2D eigenvalue weighted by Gasteiger charge is 2.67. The van der Waals surface area contributed by atoms with Crippen molar-refractivity contribution < 1.29 is 40.3 Å². The van der Waals surface area contributed by atoms with Crippen LogP contribution in [0.15, 0.2) is 36.4 Å². The number of anilines is 3. The molecule has 51 heavy (non-hydrogen) atoms. The molecule has 1 aliphatic rings. The summed E-state index contributed by atoms with van der Waals surface area (Å²) >= 11 is 37.8. The van der Waals surface area contributed by atoms with Crippen molar-refractivity contribution in [2.45, 2.75) is 69.9 Å². The second kappa shape index (κ2) is 14.8. The number of hydrogen-bond acceptors (Lipinski definition) is 6. The molecule has 0 bridgehead atoms. The minimum Gasteiger partial charge on any atom is -0.443 e. The quantitative estimate of drug-likeness (QED) is 0.189. The molecule has 278 valence electrons. The van der Waals surface area contributed by atoms with Crippen LogP contribution in [0.2, 0.25) is 20.1 Å². The molecule has 1 aliphatic carbocycles. The number of rotatable bonds is 6. The summed E-state index contributed by atoms with van der Waals surface area (Å²) in [5.74, 6) is -5.86. The third kappa shape index (κ3) is 9.30. The van der Waals surface area contributed by atoms with Crippen LogP contribution >= 0.6 is 69.6 Å². The van der Waals surface area contributed by atoms with Crippen molar-refractivity contribution in [2.24, 2.45) is 5.92 Å². The van der Waals surface area contributed by atoms with E-state index in [0.29, 0.717) is 17.2 Å². The maximum absolute atomic E-state index is 15.2. The third-order valence-electron chi connectivity index (χ3n) is 7.15. The second-order valence-corrected chi connectivity index (χ2v) is 16.6.